The average Bonchev–Trinajstić information content (AvgIpc) is 2.39. The predicted octanol–water partition coefficient (Wildman–Crippen LogP) is 2.17. The molecule has 106 valence electrons. The largest absolute Gasteiger partial charge is 0.364 e. The van der Waals surface area contributed by atoms with Gasteiger partial charge in [-0.25, -0.2) is 0 Å². The van der Waals surface area contributed by atoms with Gasteiger partial charge in [-0.1, -0.05) is 6.92 Å². The molecule has 3 nitrogen and oxygen atoms in total. The highest BCUT2D eigenvalue weighted by Gasteiger charge is 2.27. The first kappa shape index (κ1) is 14.0. The highest BCUT2D eigenvalue weighted by Crippen LogP contribution is 2.27. The first-order valence-electron chi connectivity index (χ1n) is 6.21. The normalized spacial score (nSPS) is 17.0. The van der Waals surface area contributed by atoms with Gasteiger partial charge in [0, 0.05) is 26.2 Å². The molecule has 19 heavy (non-hydrogen) atoms. The zero-order valence-electron chi connectivity index (χ0n) is 10.6. The molecule has 0 spiro atoms. The quantitative estimate of drug-likeness (QED) is 0.623. The summed E-state index contributed by atoms with van der Waals surface area (Å²) in [6.45, 7) is 4.82. The lowest BCUT2D eigenvalue weighted by atomic mass is 10.2. The lowest BCUT2D eigenvalue weighted by molar-refractivity contribution is 0.256. The minimum atomic E-state index is -1.61. The van der Waals surface area contributed by atoms with E-state index in [1.807, 2.05) is 6.92 Å². The molecular formula is C12H15F4N3. The number of aromatic nitrogens is 1. The fourth-order valence-electron chi connectivity index (χ4n) is 2.27. The molecule has 2 rings (SSSR count). The van der Waals surface area contributed by atoms with E-state index in [1.165, 1.54) is 4.90 Å². The smallest absolute Gasteiger partial charge is 0.253 e. The summed E-state index contributed by atoms with van der Waals surface area (Å²) in [5, 5.41) is 0. The van der Waals surface area contributed by atoms with Crippen LogP contribution in [0.5, 0.6) is 0 Å². The Labute approximate surface area is 108 Å². The molecule has 7 heteroatoms. The summed E-state index contributed by atoms with van der Waals surface area (Å²) in [5.74, 6) is -6.07. The molecule has 0 radical (unpaired) electrons. The van der Waals surface area contributed by atoms with E-state index in [9.17, 15) is 17.6 Å². The van der Waals surface area contributed by atoms with Gasteiger partial charge in [0.05, 0.1) is 0 Å². The van der Waals surface area contributed by atoms with E-state index in [-0.39, 0.29) is 0 Å². The fraction of sp³-hybridized carbons (Fsp3) is 0.583. The molecule has 0 aromatic carbocycles. The molecule has 1 aromatic heterocycles. The Kier molecular flexibility index (Phi) is 4.24. The highest BCUT2D eigenvalue weighted by atomic mass is 19.2. The molecule has 0 aliphatic carbocycles. The third-order valence-electron chi connectivity index (χ3n) is 3.20. The van der Waals surface area contributed by atoms with Crippen LogP contribution in [0.2, 0.25) is 0 Å². The second-order valence-corrected chi connectivity index (χ2v) is 4.50. The van der Waals surface area contributed by atoms with Crippen molar-refractivity contribution in [3.63, 3.8) is 0 Å². The van der Waals surface area contributed by atoms with Crippen LogP contribution in [0.4, 0.5) is 23.2 Å². The van der Waals surface area contributed by atoms with Crippen LogP contribution < -0.4 is 4.90 Å². The lowest BCUT2D eigenvalue weighted by Gasteiger charge is -2.36. The third kappa shape index (κ3) is 2.80. The molecule has 0 bridgehead atoms. The molecule has 1 fully saturated rings. The van der Waals surface area contributed by atoms with Crippen molar-refractivity contribution in [1.29, 1.82) is 0 Å². The van der Waals surface area contributed by atoms with Crippen molar-refractivity contribution in [2.45, 2.75) is 13.3 Å². The van der Waals surface area contributed by atoms with E-state index in [4.69, 9.17) is 0 Å². The van der Waals surface area contributed by atoms with Crippen molar-refractivity contribution >= 4 is 5.69 Å². The maximum Gasteiger partial charge on any atom is 0.253 e. The second kappa shape index (κ2) is 5.73. The molecule has 1 aliphatic heterocycles. The Hall–Kier alpha value is -1.37. The summed E-state index contributed by atoms with van der Waals surface area (Å²) in [6, 6.07) is 0. The van der Waals surface area contributed by atoms with E-state index in [1.54, 1.807) is 0 Å². The van der Waals surface area contributed by atoms with Crippen LogP contribution in [-0.4, -0.2) is 42.6 Å². The Balaban J connectivity index is 2.20. The van der Waals surface area contributed by atoms with Crippen molar-refractivity contribution in [3.8, 4) is 0 Å². The number of halogens is 4. The van der Waals surface area contributed by atoms with Crippen LogP contribution in [0.3, 0.4) is 0 Å². The number of hydrogen-bond acceptors (Lipinski definition) is 3. The Morgan fingerprint density at radius 2 is 1.47 bits per heavy atom. The van der Waals surface area contributed by atoms with Crippen LogP contribution >= 0.6 is 0 Å². The summed E-state index contributed by atoms with van der Waals surface area (Å²) in [4.78, 5) is 6.02. The van der Waals surface area contributed by atoms with Gasteiger partial charge in [-0.15, -0.1) is 0 Å². The van der Waals surface area contributed by atoms with Gasteiger partial charge in [0.2, 0.25) is 11.6 Å². The van der Waals surface area contributed by atoms with Gasteiger partial charge in [0.15, 0.2) is 0 Å². The summed E-state index contributed by atoms with van der Waals surface area (Å²) < 4.78 is 53.2. The van der Waals surface area contributed by atoms with Gasteiger partial charge in [-0.05, 0) is 13.0 Å². The van der Waals surface area contributed by atoms with E-state index in [0.717, 1.165) is 13.0 Å². The van der Waals surface area contributed by atoms with Crippen LogP contribution in [0, 0.1) is 23.5 Å². The summed E-state index contributed by atoms with van der Waals surface area (Å²) in [6.07, 6.45) is 0.987. The third-order valence-corrected chi connectivity index (χ3v) is 3.20. The van der Waals surface area contributed by atoms with Gasteiger partial charge in [0.1, 0.15) is 5.69 Å². The second-order valence-electron chi connectivity index (χ2n) is 4.50. The van der Waals surface area contributed by atoms with Gasteiger partial charge in [-0.3, -0.25) is 4.90 Å². The van der Waals surface area contributed by atoms with E-state index >= 15 is 0 Å². The molecule has 0 N–H and O–H groups in total. The Morgan fingerprint density at radius 1 is 0.947 bits per heavy atom. The SMILES string of the molecule is CCCN1CCN(c2c(F)c(F)nc(F)c2F)CC1. The first-order chi connectivity index (χ1) is 9.04. The molecule has 2 heterocycles. The number of piperazine rings is 1. The van der Waals surface area contributed by atoms with E-state index in [0.29, 0.717) is 26.2 Å². The minimum Gasteiger partial charge on any atom is -0.364 e. The number of rotatable bonds is 3. The Bertz CT molecular complexity index is 433. The first-order valence-corrected chi connectivity index (χ1v) is 6.21. The average molecular weight is 277 g/mol. The predicted molar refractivity (Wildman–Crippen MR) is 63.0 cm³/mol. The van der Waals surface area contributed by atoms with Crippen LogP contribution in [-0.2, 0) is 0 Å². The van der Waals surface area contributed by atoms with Crippen molar-refractivity contribution < 1.29 is 17.6 Å². The van der Waals surface area contributed by atoms with Crippen molar-refractivity contribution in [2.24, 2.45) is 0 Å². The van der Waals surface area contributed by atoms with Gasteiger partial charge >= 0.3 is 0 Å². The van der Waals surface area contributed by atoms with E-state index in [2.05, 4.69) is 9.88 Å². The topological polar surface area (TPSA) is 19.4 Å². The monoisotopic (exact) mass is 277 g/mol. The van der Waals surface area contributed by atoms with Gasteiger partial charge in [-0.2, -0.15) is 22.5 Å². The van der Waals surface area contributed by atoms with Gasteiger partial charge < -0.3 is 4.90 Å². The summed E-state index contributed by atoms with van der Waals surface area (Å²) in [7, 11) is 0. The Morgan fingerprint density at radius 3 is 1.95 bits per heavy atom. The van der Waals surface area contributed by atoms with Crippen molar-refractivity contribution in [2.75, 3.05) is 37.6 Å². The van der Waals surface area contributed by atoms with Crippen LogP contribution in [0.1, 0.15) is 13.3 Å². The molecule has 0 unspecified atom stereocenters. The van der Waals surface area contributed by atoms with Crippen LogP contribution in [0.15, 0.2) is 0 Å². The molecule has 1 aromatic rings. The molecular weight excluding hydrogens is 262 g/mol. The fourth-order valence-corrected chi connectivity index (χ4v) is 2.27. The molecule has 0 amide bonds. The zero-order valence-corrected chi connectivity index (χ0v) is 10.6. The highest BCUT2D eigenvalue weighted by molar-refractivity contribution is 5.49. The van der Waals surface area contributed by atoms with Gasteiger partial charge in [0.25, 0.3) is 11.9 Å². The number of anilines is 1. The van der Waals surface area contributed by atoms with E-state index < -0.39 is 29.2 Å². The lowest BCUT2D eigenvalue weighted by Crippen LogP contribution is -2.47. The molecule has 1 saturated heterocycles. The van der Waals surface area contributed by atoms with Crippen LogP contribution in [0.25, 0.3) is 0 Å². The zero-order chi connectivity index (χ0) is 14.0. The van der Waals surface area contributed by atoms with Crippen molar-refractivity contribution in [3.05, 3.63) is 23.5 Å². The summed E-state index contributed by atoms with van der Waals surface area (Å²) in [5.41, 5.74) is -0.652. The number of pyridine rings is 1. The standard InChI is InChI=1S/C12H15F4N3/c1-2-3-18-4-6-19(7-5-18)10-8(13)11(15)17-12(16)9(10)14/h2-7H2,1H3. The molecule has 0 saturated carbocycles. The summed E-state index contributed by atoms with van der Waals surface area (Å²) >= 11 is 0. The maximum absolute atomic E-state index is 13.6. The number of hydrogen-bond donors (Lipinski definition) is 0. The minimum absolute atomic E-state index is 0.330. The molecule has 1 aliphatic rings. The molecule has 0 atom stereocenters. The maximum atomic E-state index is 13.6. The number of nitrogens with zero attached hydrogens (tertiary/aromatic N) is 3. The van der Waals surface area contributed by atoms with Crippen molar-refractivity contribution in [1.82, 2.24) is 9.88 Å².